The summed E-state index contributed by atoms with van der Waals surface area (Å²) in [7, 11) is 0. The van der Waals surface area contributed by atoms with Crippen LogP contribution in [0.15, 0.2) is 109 Å². The van der Waals surface area contributed by atoms with E-state index in [9.17, 15) is 19.5 Å². The molecule has 8 heteroatoms. The molecule has 1 heterocycles. The summed E-state index contributed by atoms with van der Waals surface area (Å²) in [5.41, 5.74) is 3.76. The quantitative estimate of drug-likeness (QED) is 0.167. The Morgan fingerprint density at radius 3 is 2.21 bits per heavy atom. The Balaban J connectivity index is 1.21. The Morgan fingerprint density at radius 2 is 1.47 bits per heavy atom. The fourth-order valence-electron chi connectivity index (χ4n) is 5.92. The number of hydrogen-bond donors (Lipinski definition) is 3. The van der Waals surface area contributed by atoms with Gasteiger partial charge in [-0.3, -0.25) is 14.4 Å². The van der Waals surface area contributed by atoms with E-state index < -0.39 is 18.2 Å². The summed E-state index contributed by atoms with van der Waals surface area (Å²) in [5, 5.41) is 17.3. The Bertz CT molecular complexity index is 1640. The third kappa shape index (κ3) is 9.30. The normalized spacial score (nSPS) is 14.2. The second-order valence-corrected chi connectivity index (χ2v) is 12.4. The molecule has 3 unspecified atom stereocenters. The molecule has 4 aromatic rings. The van der Waals surface area contributed by atoms with Crippen LogP contribution in [-0.2, 0) is 33.6 Å². The zero-order valence-electron chi connectivity index (χ0n) is 27.0. The van der Waals surface area contributed by atoms with E-state index in [1.165, 1.54) is 0 Å². The van der Waals surface area contributed by atoms with Crippen molar-refractivity contribution >= 4 is 23.4 Å². The maximum atomic E-state index is 13.7. The number of aliphatic hydroxyl groups excluding tert-OH is 1. The molecule has 3 atom stereocenters. The predicted octanol–water partition coefficient (Wildman–Crippen LogP) is 5.62. The number of amides is 3. The highest BCUT2D eigenvalue weighted by molar-refractivity contribution is 5.95. The van der Waals surface area contributed by atoms with Gasteiger partial charge in [-0.2, -0.15) is 0 Å². The maximum Gasteiger partial charge on any atom is 0.243 e. The first-order valence-electron chi connectivity index (χ1n) is 16.3. The molecule has 244 valence electrons. The zero-order valence-corrected chi connectivity index (χ0v) is 27.0. The number of nitrogens with one attached hydrogen (secondary N) is 2. The van der Waals surface area contributed by atoms with Crippen LogP contribution in [-0.4, -0.2) is 47.6 Å². The van der Waals surface area contributed by atoms with Crippen molar-refractivity contribution in [3.63, 3.8) is 0 Å². The summed E-state index contributed by atoms with van der Waals surface area (Å²) < 4.78 is 5.91. The molecule has 3 N–H and O–H groups in total. The third-order valence-corrected chi connectivity index (χ3v) is 8.44. The minimum atomic E-state index is -0.975. The zero-order chi connectivity index (χ0) is 33.2. The number of para-hydroxylation sites is 2. The third-order valence-electron chi connectivity index (χ3n) is 8.44. The molecular formula is C39H43N3O5. The molecule has 3 amide bonds. The van der Waals surface area contributed by atoms with Gasteiger partial charge in [-0.25, -0.2) is 0 Å². The topological polar surface area (TPSA) is 108 Å². The molecule has 0 aliphatic carbocycles. The van der Waals surface area contributed by atoms with E-state index >= 15 is 0 Å². The number of fused-ring (bicyclic) bond motifs is 1. The average Bonchev–Trinajstić information content (AvgIpc) is 3.51. The fourth-order valence-corrected chi connectivity index (χ4v) is 5.92. The van der Waals surface area contributed by atoms with E-state index in [0.717, 1.165) is 28.8 Å². The number of benzene rings is 4. The molecule has 1 aliphatic rings. The lowest BCUT2D eigenvalue weighted by Gasteiger charge is -2.29. The molecule has 8 nitrogen and oxygen atoms in total. The molecule has 5 rings (SSSR count). The van der Waals surface area contributed by atoms with Gasteiger partial charge < -0.3 is 25.4 Å². The lowest BCUT2D eigenvalue weighted by molar-refractivity contribution is -0.130. The molecule has 47 heavy (non-hydrogen) atoms. The molecule has 0 spiro atoms. The van der Waals surface area contributed by atoms with Crippen molar-refractivity contribution in [1.29, 1.82) is 0 Å². The highest BCUT2D eigenvalue weighted by atomic mass is 16.5. The van der Waals surface area contributed by atoms with Crippen molar-refractivity contribution in [3.8, 4) is 11.5 Å². The molecule has 0 saturated heterocycles. The Labute approximate surface area is 276 Å². The van der Waals surface area contributed by atoms with Gasteiger partial charge in [0.05, 0.1) is 18.6 Å². The van der Waals surface area contributed by atoms with E-state index in [-0.39, 0.29) is 42.9 Å². The minimum Gasteiger partial charge on any atom is -0.457 e. The lowest BCUT2D eigenvalue weighted by Crippen LogP contribution is -2.55. The summed E-state index contributed by atoms with van der Waals surface area (Å²) in [6.45, 7) is 4.36. The monoisotopic (exact) mass is 633 g/mol. The molecule has 4 aromatic carbocycles. The molecule has 0 fully saturated rings. The summed E-state index contributed by atoms with van der Waals surface area (Å²) in [6.07, 6.45) is 0.620. The SMILES string of the molecule is CC(C)C(NC(=O)Cc1cccc(Oc2ccccc2)c1)C(=O)NC(Cc1ccccc1)C(O)CCC(=O)N1CCc2ccccc21. The number of aliphatic hydroxyl groups is 1. The summed E-state index contributed by atoms with van der Waals surface area (Å²) in [5.74, 6) is 0.373. The van der Waals surface area contributed by atoms with Crippen LogP contribution in [0.2, 0.25) is 0 Å². The number of ether oxygens (including phenoxy) is 1. The van der Waals surface area contributed by atoms with Crippen molar-refractivity contribution in [2.75, 3.05) is 11.4 Å². The van der Waals surface area contributed by atoms with Crippen LogP contribution in [0.1, 0.15) is 43.4 Å². The second kappa shape index (κ2) is 16.1. The Morgan fingerprint density at radius 1 is 0.809 bits per heavy atom. The number of carbonyl (C=O) groups is 3. The first-order valence-corrected chi connectivity index (χ1v) is 16.3. The molecular weight excluding hydrogens is 590 g/mol. The fraction of sp³-hybridized carbons (Fsp3) is 0.308. The van der Waals surface area contributed by atoms with Crippen LogP contribution in [0.4, 0.5) is 5.69 Å². The van der Waals surface area contributed by atoms with Gasteiger partial charge in [0.25, 0.3) is 0 Å². The van der Waals surface area contributed by atoms with Gasteiger partial charge in [0.1, 0.15) is 17.5 Å². The Kier molecular flexibility index (Phi) is 11.4. The number of hydrogen-bond acceptors (Lipinski definition) is 5. The van der Waals surface area contributed by atoms with Gasteiger partial charge in [-0.1, -0.05) is 92.7 Å². The van der Waals surface area contributed by atoms with Gasteiger partial charge in [0.2, 0.25) is 17.7 Å². The number of carbonyl (C=O) groups excluding carboxylic acids is 3. The van der Waals surface area contributed by atoms with Crippen LogP contribution >= 0.6 is 0 Å². The first-order chi connectivity index (χ1) is 22.8. The van der Waals surface area contributed by atoms with Crippen LogP contribution in [0.25, 0.3) is 0 Å². The van der Waals surface area contributed by atoms with E-state index in [1.807, 2.05) is 123 Å². The van der Waals surface area contributed by atoms with E-state index in [1.54, 1.807) is 4.90 Å². The number of rotatable bonds is 14. The van der Waals surface area contributed by atoms with Crippen LogP contribution in [0.5, 0.6) is 11.5 Å². The summed E-state index contributed by atoms with van der Waals surface area (Å²) in [6, 6.07) is 32.7. The Hall–Kier alpha value is -4.95. The predicted molar refractivity (Wildman–Crippen MR) is 183 cm³/mol. The van der Waals surface area contributed by atoms with Gasteiger partial charge in [0.15, 0.2) is 0 Å². The summed E-state index contributed by atoms with van der Waals surface area (Å²) in [4.78, 5) is 41.8. The van der Waals surface area contributed by atoms with Crippen LogP contribution in [0, 0.1) is 5.92 Å². The van der Waals surface area contributed by atoms with Gasteiger partial charge in [-0.15, -0.1) is 0 Å². The van der Waals surface area contributed by atoms with E-state index in [2.05, 4.69) is 10.6 Å². The van der Waals surface area contributed by atoms with Gasteiger partial charge in [-0.05, 0) is 72.2 Å². The first kappa shape index (κ1) is 33.4. The smallest absolute Gasteiger partial charge is 0.243 e. The van der Waals surface area contributed by atoms with E-state index in [0.29, 0.717) is 24.5 Å². The second-order valence-electron chi connectivity index (χ2n) is 12.4. The van der Waals surface area contributed by atoms with Crippen LogP contribution < -0.4 is 20.3 Å². The molecule has 0 radical (unpaired) electrons. The standard InChI is InChI=1S/C39H43N3O5/c1-27(2)38(41-36(44)26-29-14-11-18-32(24-29)47-31-16-7-4-8-17-31)39(46)40-33(25-28-12-5-3-6-13-28)35(43)20-21-37(45)42-23-22-30-15-9-10-19-34(30)42/h3-19,24,27,33,35,38,43H,20-23,25-26H2,1-2H3,(H,40,46)(H,41,44). The minimum absolute atomic E-state index is 0.0515. The maximum absolute atomic E-state index is 13.7. The molecule has 0 aromatic heterocycles. The van der Waals surface area contributed by atoms with Crippen molar-refractivity contribution < 1.29 is 24.2 Å². The summed E-state index contributed by atoms with van der Waals surface area (Å²) >= 11 is 0. The molecule has 0 bridgehead atoms. The van der Waals surface area contributed by atoms with Crippen molar-refractivity contribution in [3.05, 3.63) is 126 Å². The highest BCUT2D eigenvalue weighted by Gasteiger charge is 2.30. The van der Waals surface area contributed by atoms with Crippen molar-refractivity contribution in [2.24, 2.45) is 5.92 Å². The lowest BCUT2D eigenvalue weighted by atomic mass is 9.96. The van der Waals surface area contributed by atoms with Crippen molar-refractivity contribution in [2.45, 2.75) is 64.1 Å². The van der Waals surface area contributed by atoms with Crippen LogP contribution in [0.3, 0.4) is 0 Å². The van der Waals surface area contributed by atoms with Gasteiger partial charge in [0, 0.05) is 18.7 Å². The average molecular weight is 634 g/mol. The molecule has 1 aliphatic heterocycles. The number of nitrogens with zero attached hydrogens (tertiary/aromatic N) is 1. The number of anilines is 1. The highest BCUT2D eigenvalue weighted by Crippen LogP contribution is 2.28. The van der Waals surface area contributed by atoms with E-state index in [4.69, 9.17) is 4.74 Å². The van der Waals surface area contributed by atoms with Crippen molar-refractivity contribution in [1.82, 2.24) is 10.6 Å². The van der Waals surface area contributed by atoms with Gasteiger partial charge >= 0.3 is 0 Å². The molecule has 0 saturated carbocycles. The largest absolute Gasteiger partial charge is 0.457 e.